The van der Waals surface area contributed by atoms with Crippen molar-refractivity contribution in [3.63, 3.8) is 0 Å². The van der Waals surface area contributed by atoms with E-state index in [0.29, 0.717) is 0 Å². The quantitative estimate of drug-likeness (QED) is 0.438. The molecule has 0 fully saturated rings. The second-order valence-corrected chi connectivity index (χ2v) is 5.50. The minimum Gasteiger partial charge on any atom is -0.467 e. The second kappa shape index (κ2) is 9.20. The number of hydrogen-bond donors (Lipinski definition) is 1. The summed E-state index contributed by atoms with van der Waals surface area (Å²) in [7, 11) is 1.18. The highest BCUT2D eigenvalue weighted by Crippen LogP contribution is 2.08. The molecule has 0 unspecified atom stereocenters. The fraction of sp³-hybridized carbons (Fsp3) is 0.786. The highest BCUT2D eigenvalue weighted by molar-refractivity contribution is 5.86. The topological polar surface area (TPSA) is 90.9 Å². The summed E-state index contributed by atoms with van der Waals surface area (Å²) in [5.74, 6) is -1.30. The zero-order chi connectivity index (χ0) is 16.5. The lowest BCUT2D eigenvalue weighted by atomic mass is 10.2. The molecule has 0 saturated carbocycles. The van der Waals surface area contributed by atoms with Crippen molar-refractivity contribution < 1.29 is 28.6 Å². The minimum atomic E-state index is -1.13. The average Bonchev–Trinajstić information content (AvgIpc) is 2.35. The molecule has 0 bridgehead atoms. The van der Waals surface area contributed by atoms with Crippen LogP contribution in [0.1, 0.15) is 47.0 Å². The first-order chi connectivity index (χ1) is 9.69. The van der Waals surface area contributed by atoms with Gasteiger partial charge in [-0.05, 0) is 27.2 Å². The van der Waals surface area contributed by atoms with Gasteiger partial charge in [-0.2, -0.15) is 0 Å². The van der Waals surface area contributed by atoms with Gasteiger partial charge in [0.1, 0.15) is 11.6 Å². The van der Waals surface area contributed by atoms with Crippen LogP contribution in [0.5, 0.6) is 0 Å². The van der Waals surface area contributed by atoms with Crippen LogP contribution in [0.4, 0.5) is 4.79 Å². The van der Waals surface area contributed by atoms with E-state index in [1.165, 1.54) is 7.11 Å². The second-order valence-electron chi connectivity index (χ2n) is 5.50. The van der Waals surface area contributed by atoms with E-state index in [2.05, 4.69) is 10.1 Å². The van der Waals surface area contributed by atoms with E-state index in [0.717, 1.165) is 12.8 Å². The van der Waals surface area contributed by atoms with E-state index in [4.69, 9.17) is 9.47 Å². The Labute approximate surface area is 125 Å². The minimum absolute atomic E-state index is 0.287. The van der Waals surface area contributed by atoms with Crippen LogP contribution < -0.4 is 5.32 Å². The smallest absolute Gasteiger partial charge is 0.408 e. The van der Waals surface area contributed by atoms with E-state index in [9.17, 15) is 14.4 Å². The predicted molar refractivity (Wildman–Crippen MR) is 75.7 cm³/mol. The van der Waals surface area contributed by atoms with Crippen LogP contribution in [0.15, 0.2) is 0 Å². The van der Waals surface area contributed by atoms with Crippen molar-refractivity contribution in [2.75, 3.05) is 13.7 Å². The highest BCUT2D eigenvalue weighted by atomic mass is 16.6. The van der Waals surface area contributed by atoms with Crippen LogP contribution >= 0.6 is 0 Å². The summed E-state index contributed by atoms with van der Waals surface area (Å²) < 4.78 is 14.5. The molecule has 0 spiro atoms. The third-order valence-electron chi connectivity index (χ3n) is 2.31. The Morgan fingerprint density at radius 1 is 1.19 bits per heavy atom. The molecule has 0 rings (SSSR count). The normalized spacial score (nSPS) is 12.2. The summed E-state index contributed by atoms with van der Waals surface area (Å²) in [6.45, 7) is 7.33. The maximum Gasteiger partial charge on any atom is 0.408 e. The monoisotopic (exact) mass is 303 g/mol. The fourth-order valence-electron chi connectivity index (χ4n) is 1.34. The first-order valence-electron chi connectivity index (χ1n) is 6.92. The van der Waals surface area contributed by atoms with Crippen molar-refractivity contribution in [1.82, 2.24) is 5.32 Å². The van der Waals surface area contributed by atoms with Gasteiger partial charge in [-0.3, -0.25) is 4.79 Å². The van der Waals surface area contributed by atoms with Gasteiger partial charge in [0.05, 0.1) is 20.1 Å². The lowest BCUT2D eigenvalue weighted by Gasteiger charge is -2.22. The number of hydrogen-bond acceptors (Lipinski definition) is 6. The van der Waals surface area contributed by atoms with Crippen molar-refractivity contribution in [3.8, 4) is 0 Å². The number of nitrogens with one attached hydrogen (secondary N) is 1. The highest BCUT2D eigenvalue weighted by Gasteiger charge is 2.27. The summed E-state index contributed by atoms with van der Waals surface area (Å²) in [5, 5.41) is 2.31. The molecule has 0 heterocycles. The van der Waals surface area contributed by atoms with Crippen LogP contribution in [0.25, 0.3) is 0 Å². The van der Waals surface area contributed by atoms with E-state index in [1.54, 1.807) is 20.8 Å². The Morgan fingerprint density at radius 3 is 2.29 bits per heavy atom. The van der Waals surface area contributed by atoms with Crippen LogP contribution in [-0.2, 0) is 23.8 Å². The number of rotatable bonds is 7. The van der Waals surface area contributed by atoms with Crippen LogP contribution in [0, 0.1) is 0 Å². The predicted octanol–water partition coefficient (Wildman–Crippen LogP) is 1.79. The number of ether oxygens (including phenoxy) is 3. The van der Waals surface area contributed by atoms with Crippen LogP contribution in [0.2, 0.25) is 0 Å². The molecular weight excluding hydrogens is 278 g/mol. The molecule has 0 aliphatic carbocycles. The summed E-state index contributed by atoms with van der Waals surface area (Å²) in [4.78, 5) is 34.8. The Hall–Kier alpha value is -1.79. The van der Waals surface area contributed by atoms with Gasteiger partial charge in [0.15, 0.2) is 0 Å². The van der Waals surface area contributed by atoms with Gasteiger partial charge >= 0.3 is 18.0 Å². The largest absolute Gasteiger partial charge is 0.467 e. The first kappa shape index (κ1) is 19.2. The lowest BCUT2D eigenvalue weighted by Crippen LogP contribution is -2.45. The van der Waals surface area contributed by atoms with E-state index >= 15 is 0 Å². The number of esters is 2. The Bertz CT molecular complexity index is 361. The van der Waals surface area contributed by atoms with Crippen molar-refractivity contribution in [2.24, 2.45) is 0 Å². The molecule has 0 saturated heterocycles. The lowest BCUT2D eigenvalue weighted by molar-refractivity contribution is -0.151. The maximum absolute atomic E-state index is 11.6. The third kappa shape index (κ3) is 9.70. The molecule has 7 nitrogen and oxygen atoms in total. The molecular formula is C14H25NO6. The summed E-state index contributed by atoms with van der Waals surface area (Å²) in [6.07, 6.45) is 0.549. The standard InChI is InChI=1S/C14H25NO6/c1-6-7-8-20-11(16)9-10(12(17)19-5)15-13(18)21-14(2,3)4/h10H,6-9H2,1-5H3,(H,15,18)/t10-/m0/s1. The van der Waals surface area contributed by atoms with Gasteiger partial charge in [-0.15, -0.1) is 0 Å². The van der Waals surface area contributed by atoms with Crippen molar-refractivity contribution >= 4 is 18.0 Å². The Morgan fingerprint density at radius 2 is 1.81 bits per heavy atom. The molecule has 0 aliphatic heterocycles. The zero-order valence-electron chi connectivity index (χ0n) is 13.4. The molecule has 0 radical (unpaired) electrons. The fourth-order valence-corrected chi connectivity index (χ4v) is 1.34. The molecule has 1 amide bonds. The van der Waals surface area contributed by atoms with Crippen LogP contribution in [-0.4, -0.2) is 43.4 Å². The molecule has 0 aromatic heterocycles. The molecule has 0 aliphatic rings. The number of carbonyl (C=O) groups is 3. The number of methoxy groups -OCH3 is 1. The van der Waals surface area contributed by atoms with Crippen molar-refractivity contribution in [3.05, 3.63) is 0 Å². The first-order valence-corrected chi connectivity index (χ1v) is 6.92. The summed E-state index contributed by atoms with van der Waals surface area (Å²) in [5.41, 5.74) is -0.702. The van der Waals surface area contributed by atoms with Gasteiger partial charge < -0.3 is 19.5 Å². The third-order valence-corrected chi connectivity index (χ3v) is 2.31. The molecule has 122 valence electrons. The van der Waals surface area contributed by atoms with E-state index < -0.39 is 29.7 Å². The number of amides is 1. The van der Waals surface area contributed by atoms with Crippen LogP contribution in [0.3, 0.4) is 0 Å². The van der Waals surface area contributed by atoms with Gasteiger partial charge in [-0.25, -0.2) is 9.59 Å². The molecule has 1 atom stereocenters. The SMILES string of the molecule is CCCCOC(=O)C[C@H](NC(=O)OC(C)(C)C)C(=O)OC. The summed E-state index contributed by atoms with van der Waals surface area (Å²) in [6, 6.07) is -1.13. The molecule has 0 aromatic carbocycles. The van der Waals surface area contributed by atoms with E-state index in [-0.39, 0.29) is 13.0 Å². The molecule has 21 heavy (non-hydrogen) atoms. The number of unbranched alkanes of at least 4 members (excludes halogenated alkanes) is 1. The number of carbonyl (C=O) groups excluding carboxylic acids is 3. The zero-order valence-corrected chi connectivity index (χ0v) is 13.4. The van der Waals surface area contributed by atoms with Gasteiger partial charge in [0, 0.05) is 0 Å². The van der Waals surface area contributed by atoms with Gasteiger partial charge in [0.2, 0.25) is 0 Å². The number of alkyl carbamates (subject to hydrolysis) is 1. The maximum atomic E-state index is 11.6. The van der Waals surface area contributed by atoms with Crippen molar-refractivity contribution in [2.45, 2.75) is 58.6 Å². The average molecular weight is 303 g/mol. The van der Waals surface area contributed by atoms with E-state index in [1.807, 2.05) is 6.92 Å². The van der Waals surface area contributed by atoms with Crippen molar-refractivity contribution in [1.29, 1.82) is 0 Å². The molecule has 0 aromatic rings. The van der Waals surface area contributed by atoms with Gasteiger partial charge in [-0.1, -0.05) is 13.3 Å². The summed E-state index contributed by atoms with van der Waals surface area (Å²) >= 11 is 0. The molecule has 1 N–H and O–H groups in total. The van der Waals surface area contributed by atoms with Gasteiger partial charge in [0.25, 0.3) is 0 Å². The molecule has 7 heteroatoms. The Balaban J connectivity index is 4.49. The Kier molecular flexibility index (Phi) is 8.42.